The van der Waals surface area contributed by atoms with Gasteiger partial charge in [-0.15, -0.1) is 0 Å². The van der Waals surface area contributed by atoms with Crippen LogP contribution >= 0.6 is 0 Å². The Bertz CT molecular complexity index is 2550. The fraction of sp³-hybridized carbons (Fsp3) is 0.294. The summed E-state index contributed by atoms with van der Waals surface area (Å²) in [6, 6.07) is 42.1. The molecule has 0 saturated heterocycles. The summed E-state index contributed by atoms with van der Waals surface area (Å²) in [6.45, 7) is 26.1. The van der Waals surface area contributed by atoms with Crippen LogP contribution < -0.4 is 0 Å². The molecule has 53 heavy (non-hydrogen) atoms. The standard InChI is InChI=1S/C51H54N2/c1-12-52-43-23-19-35(49(47-31(2)15-13-16-32(47)3)48-33(4)17-14-18-34(48)5)27-39(43)42-30-38(22-26-44(42)52)53-45-24-20-36(50(6,7)8)28-40(45)41-29-37(51(9,10)11)21-25-46(41)53/h13-30,49H,12H2,1-11H3. The SMILES string of the molecule is CCn1c2ccc(C(c3c(C)cccc3C)c3c(C)cccc3C)cc2c2cc(-n3c4ccc(C(C)(C)C)cc4c4cc(C(C)(C)C)ccc43)ccc21. The summed E-state index contributed by atoms with van der Waals surface area (Å²) in [4.78, 5) is 0. The molecule has 0 fully saturated rings. The average molecular weight is 695 g/mol. The van der Waals surface area contributed by atoms with E-state index >= 15 is 0 Å². The molecule has 0 radical (unpaired) electrons. The largest absolute Gasteiger partial charge is 0.341 e. The van der Waals surface area contributed by atoms with Gasteiger partial charge in [0.05, 0.1) is 11.0 Å². The molecule has 268 valence electrons. The average Bonchev–Trinajstić information content (AvgIpc) is 3.60. The second-order valence-electron chi connectivity index (χ2n) is 17.6. The summed E-state index contributed by atoms with van der Waals surface area (Å²) in [7, 11) is 0. The molecule has 2 heteroatoms. The zero-order valence-corrected chi connectivity index (χ0v) is 33.6. The van der Waals surface area contributed by atoms with E-state index in [-0.39, 0.29) is 16.7 Å². The number of benzene rings is 6. The fourth-order valence-corrected chi connectivity index (χ4v) is 9.05. The van der Waals surface area contributed by atoms with Gasteiger partial charge in [-0.25, -0.2) is 0 Å². The molecule has 0 bridgehead atoms. The third kappa shape index (κ3) is 5.70. The maximum atomic E-state index is 2.51. The van der Waals surface area contributed by atoms with E-state index in [1.54, 1.807) is 0 Å². The number of hydrogen-bond acceptors (Lipinski definition) is 0. The minimum atomic E-state index is 0.0639. The Morgan fingerprint density at radius 1 is 0.472 bits per heavy atom. The number of rotatable bonds is 5. The van der Waals surface area contributed by atoms with Crippen molar-refractivity contribution in [2.75, 3.05) is 0 Å². The Kier molecular flexibility index (Phi) is 8.26. The molecule has 0 atom stereocenters. The van der Waals surface area contributed by atoms with Gasteiger partial charge >= 0.3 is 0 Å². The molecule has 0 aliphatic rings. The van der Waals surface area contributed by atoms with E-state index in [4.69, 9.17) is 0 Å². The van der Waals surface area contributed by atoms with Crippen molar-refractivity contribution in [2.24, 2.45) is 0 Å². The third-order valence-corrected chi connectivity index (χ3v) is 11.9. The number of fused-ring (bicyclic) bond motifs is 6. The van der Waals surface area contributed by atoms with Crippen LogP contribution in [0.3, 0.4) is 0 Å². The first-order valence-electron chi connectivity index (χ1n) is 19.4. The van der Waals surface area contributed by atoms with E-state index < -0.39 is 0 Å². The first-order valence-corrected chi connectivity index (χ1v) is 19.4. The number of nitrogens with zero attached hydrogens (tertiary/aromatic N) is 2. The van der Waals surface area contributed by atoms with Crippen LogP contribution in [-0.2, 0) is 17.4 Å². The molecule has 8 aromatic rings. The highest BCUT2D eigenvalue weighted by Gasteiger charge is 2.26. The van der Waals surface area contributed by atoms with E-state index in [1.165, 1.54) is 99.4 Å². The molecule has 0 unspecified atom stereocenters. The number of hydrogen-bond donors (Lipinski definition) is 0. The van der Waals surface area contributed by atoms with E-state index in [1.807, 2.05) is 0 Å². The summed E-state index contributed by atoms with van der Waals surface area (Å²) >= 11 is 0. The van der Waals surface area contributed by atoms with Gasteiger partial charge in [-0.1, -0.05) is 96.1 Å². The quantitative estimate of drug-likeness (QED) is 0.159. The maximum absolute atomic E-state index is 2.51. The predicted octanol–water partition coefficient (Wildman–Crippen LogP) is 13.9. The molecule has 0 N–H and O–H groups in total. The van der Waals surface area contributed by atoms with Crippen molar-refractivity contribution in [1.29, 1.82) is 0 Å². The molecule has 0 saturated carbocycles. The van der Waals surface area contributed by atoms with Crippen molar-refractivity contribution >= 4 is 43.6 Å². The zero-order chi connectivity index (χ0) is 37.6. The Morgan fingerprint density at radius 2 is 0.887 bits per heavy atom. The highest BCUT2D eigenvalue weighted by atomic mass is 15.0. The highest BCUT2D eigenvalue weighted by molar-refractivity contribution is 6.12. The Labute approximate surface area is 316 Å². The van der Waals surface area contributed by atoms with E-state index in [9.17, 15) is 0 Å². The van der Waals surface area contributed by atoms with Gasteiger partial charge < -0.3 is 9.13 Å². The smallest absolute Gasteiger partial charge is 0.0541 e. The molecular weight excluding hydrogens is 641 g/mol. The van der Waals surface area contributed by atoms with Crippen LogP contribution in [0.4, 0.5) is 0 Å². The molecule has 0 aliphatic heterocycles. The van der Waals surface area contributed by atoms with Gasteiger partial charge in [0.2, 0.25) is 0 Å². The van der Waals surface area contributed by atoms with Crippen molar-refractivity contribution in [2.45, 2.75) is 99.5 Å². The first kappa shape index (κ1) is 35.0. The second kappa shape index (κ2) is 12.5. The molecule has 2 aromatic heterocycles. The van der Waals surface area contributed by atoms with Crippen molar-refractivity contribution in [1.82, 2.24) is 9.13 Å². The minimum Gasteiger partial charge on any atom is -0.341 e. The van der Waals surface area contributed by atoms with Crippen LogP contribution in [0.15, 0.2) is 109 Å². The fourth-order valence-electron chi connectivity index (χ4n) is 9.05. The predicted molar refractivity (Wildman–Crippen MR) is 230 cm³/mol. The molecule has 2 nitrogen and oxygen atoms in total. The number of aryl methyl sites for hydroxylation is 5. The summed E-state index contributed by atoms with van der Waals surface area (Å²) in [5.74, 6) is 0.136. The van der Waals surface area contributed by atoms with Gasteiger partial charge in [0.1, 0.15) is 0 Å². The van der Waals surface area contributed by atoms with Crippen molar-refractivity contribution in [3.63, 3.8) is 0 Å². The lowest BCUT2D eigenvalue weighted by Crippen LogP contribution is -2.11. The van der Waals surface area contributed by atoms with Crippen molar-refractivity contribution in [3.05, 3.63) is 159 Å². The van der Waals surface area contributed by atoms with Crippen LogP contribution in [0.5, 0.6) is 0 Å². The molecule has 0 amide bonds. The van der Waals surface area contributed by atoms with Crippen LogP contribution in [0.2, 0.25) is 0 Å². The second-order valence-corrected chi connectivity index (χ2v) is 17.6. The van der Waals surface area contributed by atoms with Crippen molar-refractivity contribution in [3.8, 4) is 5.69 Å². The Morgan fingerprint density at radius 3 is 1.34 bits per heavy atom. The van der Waals surface area contributed by atoms with Gasteiger partial charge in [-0.2, -0.15) is 0 Å². The van der Waals surface area contributed by atoms with Gasteiger partial charge in [0.25, 0.3) is 0 Å². The zero-order valence-electron chi connectivity index (χ0n) is 33.6. The third-order valence-electron chi connectivity index (χ3n) is 11.9. The van der Waals surface area contributed by atoms with Crippen LogP contribution in [0, 0.1) is 27.7 Å². The topological polar surface area (TPSA) is 9.86 Å². The van der Waals surface area contributed by atoms with E-state index in [0.717, 1.165) is 6.54 Å². The van der Waals surface area contributed by atoms with Crippen molar-refractivity contribution < 1.29 is 0 Å². The van der Waals surface area contributed by atoms with E-state index in [0.29, 0.717) is 0 Å². The minimum absolute atomic E-state index is 0.0639. The first-order chi connectivity index (χ1) is 25.2. The Hall–Kier alpha value is -5.08. The normalized spacial score (nSPS) is 12.7. The van der Waals surface area contributed by atoms with Gasteiger partial charge in [-0.3, -0.25) is 0 Å². The van der Waals surface area contributed by atoms with Gasteiger partial charge in [0, 0.05) is 50.7 Å². The lowest BCUT2D eigenvalue weighted by Gasteiger charge is -2.26. The van der Waals surface area contributed by atoms with Crippen LogP contribution in [0.1, 0.15) is 104 Å². The molecule has 8 rings (SSSR count). The Balaban J connectivity index is 1.41. The highest BCUT2D eigenvalue weighted by Crippen LogP contribution is 2.43. The summed E-state index contributed by atoms with van der Waals surface area (Å²) in [6.07, 6.45) is 0. The summed E-state index contributed by atoms with van der Waals surface area (Å²) < 4.78 is 4.99. The maximum Gasteiger partial charge on any atom is 0.0541 e. The van der Waals surface area contributed by atoms with Gasteiger partial charge in [-0.05, 0) is 150 Å². The monoisotopic (exact) mass is 694 g/mol. The lowest BCUT2D eigenvalue weighted by atomic mass is 9.77. The van der Waals surface area contributed by atoms with Crippen LogP contribution in [-0.4, -0.2) is 9.13 Å². The van der Waals surface area contributed by atoms with Gasteiger partial charge in [0.15, 0.2) is 0 Å². The molecule has 2 heterocycles. The molecule has 0 spiro atoms. The number of aromatic nitrogens is 2. The van der Waals surface area contributed by atoms with E-state index in [2.05, 4.69) is 194 Å². The summed E-state index contributed by atoms with van der Waals surface area (Å²) in [5, 5.41) is 5.26. The summed E-state index contributed by atoms with van der Waals surface area (Å²) in [5.41, 5.74) is 18.7. The molecule has 6 aromatic carbocycles. The van der Waals surface area contributed by atoms with Crippen LogP contribution in [0.25, 0.3) is 49.3 Å². The molecular formula is C51H54N2. The molecule has 0 aliphatic carbocycles. The lowest BCUT2D eigenvalue weighted by molar-refractivity contribution is 0.590.